The van der Waals surface area contributed by atoms with Crippen LogP contribution in [0.4, 0.5) is 0 Å². The van der Waals surface area contributed by atoms with E-state index >= 15 is 0 Å². The number of piperidine rings is 1. The highest BCUT2D eigenvalue weighted by atomic mass is 16.3. The van der Waals surface area contributed by atoms with Crippen LogP contribution in [0.25, 0.3) is 0 Å². The summed E-state index contributed by atoms with van der Waals surface area (Å²) in [5.74, 6) is 0.779. The third kappa shape index (κ3) is 4.09. The van der Waals surface area contributed by atoms with Crippen LogP contribution in [0.15, 0.2) is 0 Å². The second-order valence-corrected chi connectivity index (χ2v) is 4.88. The number of nitrogens with one attached hydrogen (secondary N) is 1. The van der Waals surface area contributed by atoms with Crippen molar-refractivity contribution < 1.29 is 5.11 Å². The van der Waals surface area contributed by atoms with Crippen LogP contribution in [0.3, 0.4) is 0 Å². The first-order valence-electron chi connectivity index (χ1n) is 6.22. The third-order valence-electron chi connectivity index (χ3n) is 3.68. The normalized spacial score (nSPS) is 24.0. The second-order valence-electron chi connectivity index (χ2n) is 4.88. The van der Waals surface area contributed by atoms with Gasteiger partial charge in [-0.2, -0.15) is 0 Å². The molecule has 0 spiro atoms. The van der Waals surface area contributed by atoms with Crippen molar-refractivity contribution in [2.24, 2.45) is 5.92 Å². The lowest BCUT2D eigenvalue weighted by molar-refractivity contribution is 0.166. The molecule has 1 fully saturated rings. The van der Waals surface area contributed by atoms with Crippen LogP contribution < -0.4 is 5.32 Å². The summed E-state index contributed by atoms with van der Waals surface area (Å²) >= 11 is 0. The number of nitrogens with zero attached hydrogens (tertiary/aromatic N) is 1. The summed E-state index contributed by atoms with van der Waals surface area (Å²) in [4.78, 5) is 2.40. The molecule has 90 valence electrons. The number of rotatable bonds is 5. The Morgan fingerprint density at radius 1 is 1.40 bits per heavy atom. The molecule has 1 aliphatic heterocycles. The largest absolute Gasteiger partial charge is 0.395 e. The zero-order valence-electron chi connectivity index (χ0n) is 10.4. The maximum Gasteiger partial charge on any atom is 0.0584 e. The van der Waals surface area contributed by atoms with Gasteiger partial charge in [-0.1, -0.05) is 6.92 Å². The standard InChI is InChI=1S/C12H26N2O/c1-4-12(9-15)13-10(2)11-5-7-14(3)8-6-11/h10-13,15H,4-9H2,1-3H3/t10?,12-/m0/s1. The molecule has 0 bridgehead atoms. The molecule has 15 heavy (non-hydrogen) atoms. The van der Waals surface area contributed by atoms with E-state index in [1.807, 2.05) is 0 Å². The highest BCUT2D eigenvalue weighted by molar-refractivity contribution is 4.80. The minimum absolute atomic E-state index is 0.257. The van der Waals surface area contributed by atoms with Crippen molar-refractivity contribution in [2.45, 2.75) is 45.2 Å². The summed E-state index contributed by atoms with van der Waals surface area (Å²) < 4.78 is 0. The molecule has 0 radical (unpaired) electrons. The molecule has 1 aliphatic rings. The molecule has 1 saturated heterocycles. The Balaban J connectivity index is 2.30. The van der Waals surface area contributed by atoms with Gasteiger partial charge in [0.2, 0.25) is 0 Å². The maximum atomic E-state index is 9.14. The predicted molar refractivity (Wildman–Crippen MR) is 64.0 cm³/mol. The average Bonchev–Trinajstić information content (AvgIpc) is 2.26. The first-order valence-corrected chi connectivity index (χ1v) is 6.22. The molecule has 3 heteroatoms. The minimum atomic E-state index is 0.257. The molecule has 0 amide bonds. The van der Waals surface area contributed by atoms with E-state index in [1.54, 1.807) is 0 Å². The van der Waals surface area contributed by atoms with Gasteiger partial charge in [-0.25, -0.2) is 0 Å². The van der Waals surface area contributed by atoms with Gasteiger partial charge in [-0.15, -0.1) is 0 Å². The molecule has 2 atom stereocenters. The van der Waals surface area contributed by atoms with E-state index in [2.05, 4.69) is 31.1 Å². The summed E-state index contributed by atoms with van der Waals surface area (Å²) in [7, 11) is 2.19. The lowest BCUT2D eigenvalue weighted by Crippen LogP contribution is -2.45. The number of hydrogen-bond acceptors (Lipinski definition) is 3. The average molecular weight is 214 g/mol. The van der Waals surface area contributed by atoms with E-state index in [1.165, 1.54) is 25.9 Å². The summed E-state index contributed by atoms with van der Waals surface area (Å²) in [6.07, 6.45) is 3.58. The fraction of sp³-hybridized carbons (Fsp3) is 1.00. The summed E-state index contributed by atoms with van der Waals surface area (Å²) in [5, 5.41) is 12.7. The SMILES string of the molecule is CC[C@@H](CO)NC(C)C1CCN(C)CC1. The van der Waals surface area contributed by atoms with Gasteiger partial charge in [0.05, 0.1) is 6.61 Å². The topological polar surface area (TPSA) is 35.5 Å². The highest BCUT2D eigenvalue weighted by Gasteiger charge is 2.23. The van der Waals surface area contributed by atoms with Gasteiger partial charge < -0.3 is 15.3 Å². The molecular formula is C12H26N2O. The van der Waals surface area contributed by atoms with Crippen molar-refractivity contribution in [3.63, 3.8) is 0 Å². The molecule has 1 heterocycles. The number of aliphatic hydroxyl groups is 1. The lowest BCUT2D eigenvalue weighted by atomic mass is 9.90. The quantitative estimate of drug-likeness (QED) is 0.719. The van der Waals surface area contributed by atoms with Crippen LogP contribution >= 0.6 is 0 Å². The summed E-state index contributed by atoms with van der Waals surface area (Å²) in [5.41, 5.74) is 0. The van der Waals surface area contributed by atoms with Crippen LogP contribution in [0, 0.1) is 5.92 Å². The van der Waals surface area contributed by atoms with Crippen molar-refractivity contribution in [2.75, 3.05) is 26.7 Å². The lowest BCUT2D eigenvalue weighted by Gasteiger charge is -2.34. The van der Waals surface area contributed by atoms with Crippen LogP contribution in [0.1, 0.15) is 33.1 Å². The molecule has 3 nitrogen and oxygen atoms in total. The van der Waals surface area contributed by atoms with Gasteiger partial charge in [-0.05, 0) is 52.2 Å². The molecule has 0 aromatic rings. The first kappa shape index (κ1) is 12.9. The van der Waals surface area contributed by atoms with E-state index in [-0.39, 0.29) is 12.6 Å². The first-order chi connectivity index (χ1) is 7.17. The Hall–Kier alpha value is -0.120. The van der Waals surface area contributed by atoms with Crippen LogP contribution in [0.5, 0.6) is 0 Å². The maximum absolute atomic E-state index is 9.14. The fourth-order valence-corrected chi connectivity index (χ4v) is 2.34. The van der Waals surface area contributed by atoms with Crippen molar-refractivity contribution >= 4 is 0 Å². The van der Waals surface area contributed by atoms with E-state index in [0.717, 1.165) is 12.3 Å². The van der Waals surface area contributed by atoms with Gasteiger partial charge in [0.1, 0.15) is 0 Å². The molecule has 0 saturated carbocycles. The van der Waals surface area contributed by atoms with Gasteiger partial charge in [0.25, 0.3) is 0 Å². The monoisotopic (exact) mass is 214 g/mol. The number of hydrogen-bond donors (Lipinski definition) is 2. The number of likely N-dealkylation sites (tertiary alicyclic amines) is 1. The van der Waals surface area contributed by atoms with Gasteiger partial charge in [0, 0.05) is 12.1 Å². The summed E-state index contributed by atoms with van der Waals surface area (Å²) in [6.45, 7) is 7.07. The Kier molecular flexibility index (Phi) is 5.58. The predicted octanol–water partition coefficient (Wildman–Crippen LogP) is 1.08. The van der Waals surface area contributed by atoms with E-state index in [0.29, 0.717) is 6.04 Å². The Morgan fingerprint density at radius 2 is 2.00 bits per heavy atom. The van der Waals surface area contributed by atoms with Crippen LogP contribution in [0.2, 0.25) is 0 Å². The van der Waals surface area contributed by atoms with E-state index in [4.69, 9.17) is 5.11 Å². The van der Waals surface area contributed by atoms with Gasteiger partial charge >= 0.3 is 0 Å². The molecule has 0 aliphatic carbocycles. The van der Waals surface area contributed by atoms with Crippen molar-refractivity contribution in [3.8, 4) is 0 Å². The Labute approximate surface area is 93.9 Å². The van der Waals surface area contributed by atoms with Gasteiger partial charge in [-0.3, -0.25) is 0 Å². The number of aliphatic hydroxyl groups excluding tert-OH is 1. The molecule has 1 rings (SSSR count). The molecule has 0 aromatic heterocycles. The van der Waals surface area contributed by atoms with E-state index in [9.17, 15) is 0 Å². The van der Waals surface area contributed by atoms with Crippen molar-refractivity contribution in [3.05, 3.63) is 0 Å². The van der Waals surface area contributed by atoms with Crippen molar-refractivity contribution in [1.29, 1.82) is 0 Å². The second kappa shape index (κ2) is 6.46. The Bertz CT molecular complexity index is 163. The molecule has 1 unspecified atom stereocenters. The summed E-state index contributed by atoms with van der Waals surface area (Å²) in [6, 6.07) is 0.815. The van der Waals surface area contributed by atoms with Crippen molar-refractivity contribution in [1.82, 2.24) is 10.2 Å². The van der Waals surface area contributed by atoms with Gasteiger partial charge in [0.15, 0.2) is 0 Å². The molecular weight excluding hydrogens is 188 g/mol. The fourth-order valence-electron chi connectivity index (χ4n) is 2.34. The zero-order chi connectivity index (χ0) is 11.3. The highest BCUT2D eigenvalue weighted by Crippen LogP contribution is 2.19. The molecule has 2 N–H and O–H groups in total. The van der Waals surface area contributed by atoms with Crippen LogP contribution in [-0.4, -0.2) is 48.8 Å². The Morgan fingerprint density at radius 3 is 2.47 bits per heavy atom. The smallest absolute Gasteiger partial charge is 0.0584 e. The van der Waals surface area contributed by atoms with Crippen LogP contribution in [-0.2, 0) is 0 Å². The zero-order valence-corrected chi connectivity index (χ0v) is 10.4. The minimum Gasteiger partial charge on any atom is -0.395 e. The van der Waals surface area contributed by atoms with E-state index < -0.39 is 0 Å². The molecule has 0 aromatic carbocycles. The third-order valence-corrected chi connectivity index (χ3v) is 3.68.